The van der Waals surface area contributed by atoms with Gasteiger partial charge in [-0.2, -0.15) is 0 Å². The summed E-state index contributed by atoms with van der Waals surface area (Å²) in [5.74, 6) is -3.48. The highest BCUT2D eigenvalue weighted by atomic mass is 16.5. The van der Waals surface area contributed by atoms with Gasteiger partial charge < -0.3 is 35.7 Å². The van der Waals surface area contributed by atoms with Crippen LogP contribution in [0.3, 0.4) is 0 Å². The first-order chi connectivity index (χ1) is 13.1. The Balaban J connectivity index is 2.01. The molecule has 0 radical (unpaired) electrons. The van der Waals surface area contributed by atoms with E-state index in [2.05, 4.69) is 0 Å². The number of carboxylic acids is 2. The zero-order valence-electron chi connectivity index (χ0n) is 15.4. The quantitative estimate of drug-likeness (QED) is 0.351. The number of aryl methyl sites for hydroxylation is 1. The van der Waals surface area contributed by atoms with Crippen molar-refractivity contribution in [1.29, 1.82) is 0 Å². The average Bonchev–Trinajstić information content (AvgIpc) is 2.55. The van der Waals surface area contributed by atoms with Gasteiger partial charge in [0.25, 0.3) is 6.92 Å². The highest BCUT2D eigenvalue weighted by Crippen LogP contribution is 2.34. The molecule has 0 spiro atoms. The molecule has 0 aliphatic carbocycles. The van der Waals surface area contributed by atoms with Crippen LogP contribution in [0.4, 0.5) is 0 Å². The summed E-state index contributed by atoms with van der Waals surface area (Å²) in [6, 6.07) is 1.69. The Morgan fingerprint density at radius 3 is 2.50 bits per heavy atom. The number of amides is 1. The average molecular weight is 394 g/mol. The normalized spacial score (nSPS) is 14.9. The molecule has 1 aliphatic rings. The van der Waals surface area contributed by atoms with Gasteiger partial charge in [-0.25, -0.2) is 4.79 Å². The van der Waals surface area contributed by atoms with E-state index in [0.717, 1.165) is 0 Å². The molecule has 0 unspecified atom stereocenters. The van der Waals surface area contributed by atoms with Crippen LogP contribution in [0.5, 0.6) is 11.5 Å². The first-order valence-electron chi connectivity index (χ1n) is 8.79. The number of likely N-dealkylation sites (tertiary alicyclic amines) is 1. The van der Waals surface area contributed by atoms with E-state index in [1.807, 2.05) is 0 Å². The zero-order valence-corrected chi connectivity index (χ0v) is 15.4. The number of aromatic carboxylic acids is 1. The van der Waals surface area contributed by atoms with Crippen molar-refractivity contribution < 1.29 is 39.5 Å². The molecule has 10 nitrogen and oxygen atoms in total. The number of aliphatic carboxylic acids is 1. The third-order valence-corrected chi connectivity index (χ3v) is 4.47. The van der Waals surface area contributed by atoms with Crippen molar-refractivity contribution in [1.82, 2.24) is 4.90 Å². The number of hydrogen-bond donors (Lipinski definition) is 5. The van der Waals surface area contributed by atoms with Gasteiger partial charge in [0.15, 0.2) is 0 Å². The van der Waals surface area contributed by atoms with Crippen LogP contribution in [0.25, 0.3) is 0 Å². The van der Waals surface area contributed by atoms with Crippen LogP contribution in [0.15, 0.2) is 12.1 Å². The molecule has 1 amide bonds. The van der Waals surface area contributed by atoms with Gasteiger partial charge >= 0.3 is 11.9 Å². The summed E-state index contributed by atoms with van der Waals surface area (Å²) in [6.07, 6.45) is -0.142. The molecule has 28 heavy (non-hydrogen) atoms. The van der Waals surface area contributed by atoms with Crippen molar-refractivity contribution >= 4 is 24.8 Å². The van der Waals surface area contributed by atoms with Gasteiger partial charge in [-0.15, -0.1) is 0 Å². The lowest BCUT2D eigenvalue weighted by Crippen LogP contribution is -2.57. The summed E-state index contributed by atoms with van der Waals surface area (Å²) in [5.41, 5.74) is 5.35. The van der Waals surface area contributed by atoms with Crippen molar-refractivity contribution in [2.45, 2.75) is 38.1 Å². The predicted molar refractivity (Wildman–Crippen MR) is 98.6 cm³/mol. The van der Waals surface area contributed by atoms with Crippen LogP contribution < -0.4 is 10.5 Å². The second-order valence-corrected chi connectivity index (χ2v) is 6.83. The molecule has 1 aromatic rings. The summed E-state index contributed by atoms with van der Waals surface area (Å²) in [4.78, 5) is 35.5. The number of carbonyl (C=O) groups excluding carboxylic acids is 1. The molecule has 1 aromatic carbocycles. The fourth-order valence-electron chi connectivity index (χ4n) is 2.79. The fourth-order valence-corrected chi connectivity index (χ4v) is 2.79. The lowest BCUT2D eigenvalue weighted by Gasteiger charge is -2.39. The molecule has 1 saturated heterocycles. The summed E-state index contributed by atoms with van der Waals surface area (Å²) in [6.45, 7) is 1.33. The van der Waals surface area contributed by atoms with E-state index in [1.54, 1.807) is 6.82 Å². The maximum atomic E-state index is 11.9. The minimum Gasteiger partial charge on any atom is -0.507 e. The Hall–Kier alpha value is -2.79. The molecule has 11 heteroatoms. The monoisotopic (exact) mass is 394 g/mol. The van der Waals surface area contributed by atoms with Gasteiger partial charge in [0.1, 0.15) is 29.2 Å². The molecule has 0 bridgehead atoms. The Kier molecular flexibility index (Phi) is 6.87. The Morgan fingerprint density at radius 1 is 1.32 bits per heavy atom. The van der Waals surface area contributed by atoms with Gasteiger partial charge in [0.2, 0.25) is 5.91 Å². The summed E-state index contributed by atoms with van der Waals surface area (Å²) < 4.78 is 5.61. The fraction of sp³-hybridized carbons (Fsp3) is 0.471. The topological polar surface area (TPSA) is 171 Å². The van der Waals surface area contributed by atoms with E-state index in [4.69, 9.17) is 15.6 Å². The van der Waals surface area contributed by atoms with E-state index >= 15 is 0 Å². The van der Waals surface area contributed by atoms with Crippen molar-refractivity contribution in [3.05, 3.63) is 23.3 Å². The van der Waals surface area contributed by atoms with Crippen molar-refractivity contribution in [3.63, 3.8) is 0 Å². The summed E-state index contributed by atoms with van der Waals surface area (Å²) in [5, 5.41) is 37.8. The molecule has 0 saturated carbocycles. The highest BCUT2D eigenvalue weighted by molar-refractivity contribution is 6.48. The molecular weight excluding hydrogens is 371 g/mol. The van der Waals surface area contributed by atoms with E-state index in [0.29, 0.717) is 18.3 Å². The van der Waals surface area contributed by atoms with E-state index < -0.39 is 42.7 Å². The van der Waals surface area contributed by atoms with Crippen LogP contribution in [-0.2, 0) is 16.0 Å². The van der Waals surface area contributed by atoms with Crippen molar-refractivity contribution in [2.75, 3.05) is 13.1 Å². The Bertz CT molecular complexity index is 764. The van der Waals surface area contributed by atoms with E-state index in [1.165, 1.54) is 17.0 Å². The third kappa shape index (κ3) is 5.14. The number of rotatable bonds is 9. The molecule has 1 fully saturated rings. The van der Waals surface area contributed by atoms with Gasteiger partial charge in [-0.1, -0.05) is 12.9 Å². The smallest absolute Gasteiger partial charge is 0.343 e. The zero-order chi connectivity index (χ0) is 21.0. The predicted octanol–water partition coefficient (Wildman–Crippen LogP) is -0.362. The molecule has 0 aromatic heterocycles. The number of nitrogens with two attached hydrogens (primary N) is 1. The lowest BCUT2D eigenvalue weighted by molar-refractivity contribution is -0.146. The van der Waals surface area contributed by atoms with Crippen LogP contribution in [0.2, 0.25) is 13.1 Å². The van der Waals surface area contributed by atoms with E-state index in [-0.39, 0.29) is 30.8 Å². The molecule has 1 aliphatic heterocycles. The maximum absolute atomic E-state index is 11.9. The first-order valence-corrected chi connectivity index (χ1v) is 8.79. The number of aromatic hydroxyl groups is 1. The van der Waals surface area contributed by atoms with Gasteiger partial charge in [-0.3, -0.25) is 9.59 Å². The van der Waals surface area contributed by atoms with Gasteiger partial charge in [0, 0.05) is 0 Å². The SMILES string of the molecule is CB(O)CCc1ccc(OC2CN(C(=O)C[C@@H](N)C(=O)O)C2)c(C(=O)O)c1O. The van der Waals surface area contributed by atoms with Crippen LogP contribution in [-0.4, -0.2) is 75.2 Å². The molecule has 152 valence electrons. The third-order valence-electron chi connectivity index (χ3n) is 4.47. The van der Waals surface area contributed by atoms with Crippen LogP contribution >= 0.6 is 0 Å². The largest absolute Gasteiger partial charge is 0.507 e. The number of ether oxygens (including phenoxy) is 1. The molecule has 1 atom stereocenters. The van der Waals surface area contributed by atoms with Crippen LogP contribution in [0, 0.1) is 0 Å². The standard InChI is InChI=1S/C17H23BN2O8/c1-18(27)5-4-9-2-3-12(14(15(9)22)17(25)26)28-10-7-20(8-10)13(21)6-11(19)16(23)24/h2-3,10-11,22,27H,4-8,19H2,1H3,(H,23,24)(H,25,26)/t11-/m1/s1. The summed E-state index contributed by atoms with van der Waals surface area (Å²) >= 11 is 0. The van der Waals surface area contributed by atoms with Crippen molar-refractivity contribution in [3.8, 4) is 11.5 Å². The number of hydrogen-bond acceptors (Lipinski definition) is 7. The van der Waals surface area contributed by atoms with Crippen molar-refractivity contribution in [2.24, 2.45) is 5.73 Å². The second kappa shape index (κ2) is 8.94. The molecule has 1 heterocycles. The van der Waals surface area contributed by atoms with Gasteiger partial charge in [-0.05, 0) is 24.4 Å². The van der Waals surface area contributed by atoms with Crippen LogP contribution in [0.1, 0.15) is 22.3 Å². The molecular formula is C17H23BN2O8. The highest BCUT2D eigenvalue weighted by Gasteiger charge is 2.35. The summed E-state index contributed by atoms with van der Waals surface area (Å²) in [7, 11) is 0. The maximum Gasteiger partial charge on any atom is 0.343 e. The minimum absolute atomic E-state index is 0.0230. The lowest BCUT2D eigenvalue weighted by atomic mass is 9.66. The first kappa shape index (κ1) is 21.5. The number of phenols is 1. The number of nitrogens with zero attached hydrogens (tertiary/aromatic N) is 1. The number of benzene rings is 1. The molecule has 2 rings (SSSR count). The minimum atomic E-state index is -1.36. The second-order valence-electron chi connectivity index (χ2n) is 6.83. The Labute approximate surface area is 161 Å². The van der Waals surface area contributed by atoms with E-state index in [9.17, 15) is 29.6 Å². The Morgan fingerprint density at radius 2 is 1.96 bits per heavy atom. The number of carboxylic acid groups (broad SMARTS) is 2. The molecule has 6 N–H and O–H groups in total. The number of carbonyl (C=O) groups is 3. The van der Waals surface area contributed by atoms with Gasteiger partial charge in [0.05, 0.1) is 19.5 Å².